The first-order valence-electron chi connectivity index (χ1n) is 8.86. The second-order valence-corrected chi connectivity index (χ2v) is 6.76. The molecule has 0 unspecified atom stereocenters. The Labute approximate surface area is 157 Å². The zero-order valence-electron chi connectivity index (χ0n) is 15.0. The zero-order valence-corrected chi connectivity index (χ0v) is 15.0. The maximum atomic E-state index is 12.3. The van der Waals surface area contributed by atoms with Gasteiger partial charge in [0.15, 0.2) is 0 Å². The summed E-state index contributed by atoms with van der Waals surface area (Å²) in [5.74, 6) is 0.877. The van der Waals surface area contributed by atoms with E-state index < -0.39 is 0 Å². The predicted octanol–water partition coefficient (Wildman–Crippen LogP) is 3.13. The third kappa shape index (κ3) is 3.20. The lowest BCUT2D eigenvalue weighted by Crippen LogP contribution is -2.26. The number of nitriles is 1. The van der Waals surface area contributed by atoms with Gasteiger partial charge in [0.1, 0.15) is 5.82 Å². The normalized spacial score (nSPS) is 19.3. The molecule has 1 aliphatic heterocycles. The number of rotatable bonds is 4. The number of nitrogens with zero attached hydrogens (tertiary/aromatic N) is 4. The zero-order chi connectivity index (χ0) is 18.8. The van der Waals surface area contributed by atoms with E-state index in [1.54, 1.807) is 17.2 Å². The van der Waals surface area contributed by atoms with Crippen molar-refractivity contribution in [2.75, 3.05) is 18.9 Å². The van der Waals surface area contributed by atoms with Crippen LogP contribution in [0.5, 0.6) is 0 Å². The van der Waals surface area contributed by atoms with E-state index in [2.05, 4.69) is 21.4 Å². The lowest BCUT2D eigenvalue weighted by molar-refractivity contribution is -0.127. The van der Waals surface area contributed by atoms with E-state index >= 15 is 0 Å². The van der Waals surface area contributed by atoms with Crippen molar-refractivity contribution in [2.24, 2.45) is 5.92 Å². The van der Waals surface area contributed by atoms with Crippen LogP contribution in [0.15, 0.2) is 54.9 Å². The number of likely N-dealkylation sites (tertiary alicyclic amines) is 1. The fraction of sp³-hybridized carbons (Fsp3) is 0.238. The number of hydrogen-bond donors (Lipinski definition) is 1. The van der Waals surface area contributed by atoms with E-state index in [1.807, 2.05) is 49.6 Å². The van der Waals surface area contributed by atoms with Crippen molar-refractivity contribution in [3.05, 3.63) is 66.0 Å². The van der Waals surface area contributed by atoms with Crippen LogP contribution in [-0.4, -0.2) is 34.4 Å². The van der Waals surface area contributed by atoms with Crippen LogP contribution in [0.25, 0.3) is 10.9 Å². The first-order chi connectivity index (χ1) is 13.2. The summed E-state index contributed by atoms with van der Waals surface area (Å²) in [4.78, 5) is 22.9. The smallest absolute Gasteiger partial charge is 0.223 e. The van der Waals surface area contributed by atoms with Crippen LogP contribution in [0.3, 0.4) is 0 Å². The molecule has 6 heteroatoms. The number of anilines is 1. The molecule has 3 heterocycles. The van der Waals surface area contributed by atoms with Gasteiger partial charge in [-0.3, -0.25) is 9.78 Å². The molecule has 0 aliphatic carbocycles. The van der Waals surface area contributed by atoms with E-state index in [9.17, 15) is 10.1 Å². The highest BCUT2D eigenvalue weighted by Gasteiger charge is 2.38. The summed E-state index contributed by atoms with van der Waals surface area (Å²) in [6.45, 7) is 0.589. The lowest BCUT2D eigenvalue weighted by atomic mass is 9.94. The topological polar surface area (TPSA) is 81.9 Å². The minimum atomic E-state index is -0.0189. The Hall–Kier alpha value is -3.46. The van der Waals surface area contributed by atoms with Crippen molar-refractivity contribution in [2.45, 2.75) is 12.5 Å². The summed E-state index contributed by atoms with van der Waals surface area (Å²) in [7, 11) is 1.84. The molecule has 1 fully saturated rings. The molecule has 1 saturated heterocycles. The Morgan fingerprint density at radius 3 is 2.93 bits per heavy atom. The molecule has 1 amide bonds. The first-order valence-corrected chi connectivity index (χ1v) is 8.86. The van der Waals surface area contributed by atoms with Crippen LogP contribution >= 0.6 is 0 Å². The van der Waals surface area contributed by atoms with Gasteiger partial charge in [0.25, 0.3) is 0 Å². The van der Waals surface area contributed by atoms with Gasteiger partial charge in [-0.15, -0.1) is 0 Å². The number of benzene rings is 1. The maximum Gasteiger partial charge on any atom is 0.223 e. The van der Waals surface area contributed by atoms with Crippen molar-refractivity contribution in [3.63, 3.8) is 0 Å². The van der Waals surface area contributed by atoms with Gasteiger partial charge < -0.3 is 10.2 Å². The Morgan fingerprint density at radius 2 is 2.15 bits per heavy atom. The monoisotopic (exact) mass is 357 g/mol. The fourth-order valence-electron chi connectivity index (χ4n) is 3.78. The molecule has 0 spiro atoms. The van der Waals surface area contributed by atoms with Gasteiger partial charge in [-0.2, -0.15) is 5.26 Å². The van der Waals surface area contributed by atoms with E-state index in [0.717, 1.165) is 16.5 Å². The Balaban J connectivity index is 1.58. The van der Waals surface area contributed by atoms with Crippen molar-refractivity contribution in [3.8, 4) is 6.07 Å². The molecule has 0 bridgehead atoms. The van der Waals surface area contributed by atoms with Crippen LogP contribution in [0.2, 0.25) is 0 Å². The lowest BCUT2D eigenvalue weighted by Gasteiger charge is -2.25. The van der Waals surface area contributed by atoms with Crippen LogP contribution in [-0.2, 0) is 4.79 Å². The summed E-state index contributed by atoms with van der Waals surface area (Å²) < 4.78 is 0. The maximum absolute atomic E-state index is 12.3. The predicted molar refractivity (Wildman–Crippen MR) is 103 cm³/mol. The van der Waals surface area contributed by atoms with E-state index in [1.165, 1.54) is 0 Å². The minimum absolute atomic E-state index is 0.0189. The van der Waals surface area contributed by atoms with Crippen molar-refractivity contribution < 1.29 is 4.79 Å². The van der Waals surface area contributed by atoms with E-state index in [4.69, 9.17) is 0 Å². The molecule has 1 aliphatic rings. The molecule has 27 heavy (non-hydrogen) atoms. The number of hydrogen-bond acceptors (Lipinski definition) is 5. The van der Waals surface area contributed by atoms with Crippen LogP contribution < -0.4 is 5.32 Å². The molecule has 134 valence electrons. The molecule has 0 radical (unpaired) electrons. The van der Waals surface area contributed by atoms with Gasteiger partial charge in [0.05, 0.1) is 23.2 Å². The Kier molecular flexibility index (Phi) is 4.43. The van der Waals surface area contributed by atoms with E-state index in [-0.39, 0.29) is 17.9 Å². The van der Waals surface area contributed by atoms with Crippen molar-refractivity contribution in [1.82, 2.24) is 14.9 Å². The molecule has 4 rings (SSSR count). The number of aromatic nitrogens is 2. The fourth-order valence-corrected chi connectivity index (χ4v) is 3.78. The molecular formula is C21H19N5O. The number of carbonyl (C=O) groups excluding carboxylic acids is 1. The van der Waals surface area contributed by atoms with Gasteiger partial charge in [-0.1, -0.05) is 24.3 Å². The highest BCUT2D eigenvalue weighted by Crippen LogP contribution is 2.36. The average Bonchev–Trinajstić information content (AvgIpc) is 3.00. The highest BCUT2D eigenvalue weighted by atomic mass is 16.2. The highest BCUT2D eigenvalue weighted by molar-refractivity contribution is 5.86. The number of fused-ring (bicyclic) bond motifs is 1. The summed E-state index contributed by atoms with van der Waals surface area (Å²) in [6, 6.07) is 15.5. The number of nitrogens with one attached hydrogen (secondary N) is 1. The Morgan fingerprint density at radius 1 is 1.30 bits per heavy atom. The minimum Gasteiger partial charge on any atom is -0.370 e. The van der Waals surface area contributed by atoms with Crippen molar-refractivity contribution >= 4 is 22.6 Å². The molecule has 3 aromatic rings. The molecule has 0 saturated carbocycles. The third-order valence-electron chi connectivity index (χ3n) is 5.10. The van der Waals surface area contributed by atoms with Crippen LogP contribution in [0, 0.1) is 17.2 Å². The molecule has 2 aromatic heterocycles. The SMILES string of the molecule is CN1C(=O)C[C@@H](CNc2cc(C#N)c3ccccc3n2)[C@@H]1c1cccnc1. The Bertz CT molecular complexity index is 1030. The van der Waals surface area contributed by atoms with E-state index in [0.29, 0.717) is 24.3 Å². The van der Waals surface area contributed by atoms with Gasteiger partial charge in [0, 0.05) is 43.7 Å². The molecule has 1 N–H and O–H groups in total. The largest absolute Gasteiger partial charge is 0.370 e. The number of pyridine rings is 2. The van der Waals surface area contributed by atoms with Gasteiger partial charge in [-0.05, 0) is 23.8 Å². The second kappa shape index (κ2) is 7.04. The number of amides is 1. The quantitative estimate of drug-likeness (QED) is 0.776. The average molecular weight is 357 g/mol. The molecule has 6 nitrogen and oxygen atoms in total. The summed E-state index contributed by atoms with van der Waals surface area (Å²) >= 11 is 0. The second-order valence-electron chi connectivity index (χ2n) is 6.76. The summed E-state index contributed by atoms with van der Waals surface area (Å²) in [5, 5.41) is 13.6. The molecule has 1 aromatic carbocycles. The van der Waals surface area contributed by atoms with Crippen LogP contribution in [0.1, 0.15) is 23.6 Å². The summed E-state index contributed by atoms with van der Waals surface area (Å²) in [5.41, 5.74) is 2.40. The molecular weight excluding hydrogens is 338 g/mol. The third-order valence-corrected chi connectivity index (χ3v) is 5.10. The van der Waals surface area contributed by atoms with Gasteiger partial charge in [-0.25, -0.2) is 4.98 Å². The van der Waals surface area contributed by atoms with Gasteiger partial charge in [0.2, 0.25) is 5.91 Å². The number of para-hydroxylation sites is 1. The molecule has 2 atom stereocenters. The van der Waals surface area contributed by atoms with Crippen LogP contribution in [0.4, 0.5) is 5.82 Å². The standard InChI is InChI=1S/C21H19N5O/c1-26-20(27)10-16(21(26)14-5-4-8-23-12-14)13-24-19-9-15(11-22)17-6-2-3-7-18(17)25-19/h2-9,12,16,21H,10,13H2,1H3,(H,24,25)/t16-,21-/m0/s1. The number of carbonyl (C=O) groups is 1. The first kappa shape index (κ1) is 17.0. The van der Waals surface area contributed by atoms with Crippen molar-refractivity contribution in [1.29, 1.82) is 5.26 Å². The summed E-state index contributed by atoms with van der Waals surface area (Å²) in [6.07, 6.45) is 4.02. The van der Waals surface area contributed by atoms with Gasteiger partial charge >= 0.3 is 0 Å².